The molecular formula is C11H10FN3O2. The van der Waals surface area contributed by atoms with Gasteiger partial charge in [-0.1, -0.05) is 5.21 Å². The van der Waals surface area contributed by atoms with Crippen LogP contribution in [0.1, 0.15) is 18.5 Å². The van der Waals surface area contributed by atoms with E-state index in [0.29, 0.717) is 11.4 Å². The monoisotopic (exact) mass is 235 g/mol. The van der Waals surface area contributed by atoms with E-state index in [4.69, 9.17) is 5.11 Å². The molecule has 6 heteroatoms. The second-order valence-corrected chi connectivity index (χ2v) is 3.62. The second-order valence-electron chi connectivity index (χ2n) is 3.62. The minimum absolute atomic E-state index is 0.340. The maximum absolute atomic E-state index is 12.7. The van der Waals surface area contributed by atoms with Crippen LogP contribution in [-0.4, -0.2) is 26.1 Å². The fourth-order valence-electron chi connectivity index (χ4n) is 1.32. The zero-order chi connectivity index (χ0) is 12.4. The molecule has 0 aliphatic carbocycles. The Morgan fingerprint density at radius 2 is 2.06 bits per heavy atom. The van der Waals surface area contributed by atoms with E-state index < -0.39 is 11.9 Å². The Labute approximate surface area is 96.5 Å². The Morgan fingerprint density at radius 3 is 2.65 bits per heavy atom. The van der Waals surface area contributed by atoms with Crippen molar-refractivity contribution in [2.75, 3.05) is 0 Å². The SMILES string of the molecule is CC(C(=O)O)c1cn(-c2ccc(F)cc2)nn1. The van der Waals surface area contributed by atoms with Crippen LogP contribution >= 0.6 is 0 Å². The lowest BCUT2D eigenvalue weighted by molar-refractivity contribution is -0.138. The summed E-state index contributed by atoms with van der Waals surface area (Å²) in [6.45, 7) is 1.53. The van der Waals surface area contributed by atoms with Crippen LogP contribution in [0.2, 0.25) is 0 Å². The Morgan fingerprint density at radius 1 is 1.41 bits per heavy atom. The molecule has 1 N–H and O–H groups in total. The topological polar surface area (TPSA) is 68.0 Å². The highest BCUT2D eigenvalue weighted by atomic mass is 19.1. The van der Waals surface area contributed by atoms with Crippen LogP contribution in [-0.2, 0) is 4.79 Å². The molecule has 0 saturated heterocycles. The highest BCUT2D eigenvalue weighted by molar-refractivity contribution is 5.74. The van der Waals surface area contributed by atoms with Gasteiger partial charge in [-0.2, -0.15) is 0 Å². The van der Waals surface area contributed by atoms with Crippen molar-refractivity contribution >= 4 is 5.97 Å². The Balaban J connectivity index is 2.29. The largest absolute Gasteiger partial charge is 0.481 e. The average Bonchev–Trinajstić information content (AvgIpc) is 2.78. The average molecular weight is 235 g/mol. The molecule has 1 unspecified atom stereocenters. The maximum Gasteiger partial charge on any atom is 0.312 e. The van der Waals surface area contributed by atoms with E-state index in [2.05, 4.69) is 10.3 Å². The van der Waals surface area contributed by atoms with Gasteiger partial charge in [-0.3, -0.25) is 4.79 Å². The zero-order valence-corrected chi connectivity index (χ0v) is 9.04. The summed E-state index contributed by atoms with van der Waals surface area (Å²) in [5.74, 6) is -2.02. The minimum Gasteiger partial charge on any atom is -0.481 e. The third-order valence-electron chi connectivity index (χ3n) is 2.42. The molecular weight excluding hydrogens is 225 g/mol. The normalized spacial score (nSPS) is 12.4. The molecule has 88 valence electrons. The smallest absolute Gasteiger partial charge is 0.312 e. The lowest BCUT2D eigenvalue weighted by atomic mass is 10.1. The van der Waals surface area contributed by atoms with Crippen molar-refractivity contribution in [1.29, 1.82) is 0 Å². The van der Waals surface area contributed by atoms with E-state index in [9.17, 15) is 9.18 Å². The van der Waals surface area contributed by atoms with Crippen molar-refractivity contribution in [3.8, 4) is 5.69 Å². The molecule has 0 radical (unpaired) electrons. The predicted molar refractivity (Wildman–Crippen MR) is 57.4 cm³/mol. The molecule has 1 atom stereocenters. The summed E-state index contributed by atoms with van der Waals surface area (Å²) in [5.41, 5.74) is 0.990. The molecule has 5 nitrogen and oxygen atoms in total. The molecule has 0 aliphatic heterocycles. The fourth-order valence-corrected chi connectivity index (χ4v) is 1.32. The minimum atomic E-state index is -0.962. The number of carboxylic acid groups (broad SMARTS) is 1. The van der Waals surface area contributed by atoms with Crippen LogP contribution in [0.5, 0.6) is 0 Å². The molecule has 0 fully saturated rings. The highest BCUT2D eigenvalue weighted by Gasteiger charge is 2.17. The van der Waals surface area contributed by atoms with Gasteiger partial charge in [0.2, 0.25) is 0 Å². The number of nitrogens with zero attached hydrogens (tertiary/aromatic N) is 3. The molecule has 0 aliphatic rings. The molecule has 17 heavy (non-hydrogen) atoms. The third kappa shape index (κ3) is 2.30. The number of aromatic nitrogens is 3. The number of rotatable bonds is 3. The summed E-state index contributed by atoms with van der Waals surface area (Å²) < 4.78 is 14.1. The number of halogens is 1. The molecule has 2 aromatic rings. The standard InChI is InChI=1S/C11H10FN3O2/c1-7(11(16)17)10-6-15(14-13-10)9-4-2-8(12)3-5-9/h2-7H,1H3,(H,16,17). The van der Waals surface area contributed by atoms with E-state index in [0.717, 1.165) is 0 Å². The third-order valence-corrected chi connectivity index (χ3v) is 2.42. The number of carboxylic acids is 1. The highest BCUT2D eigenvalue weighted by Crippen LogP contribution is 2.14. The number of aliphatic carboxylic acids is 1. The molecule has 1 aromatic heterocycles. The first-order valence-electron chi connectivity index (χ1n) is 4.99. The number of carbonyl (C=O) groups is 1. The second kappa shape index (κ2) is 4.32. The molecule has 1 heterocycles. The summed E-state index contributed by atoms with van der Waals surface area (Å²) in [4.78, 5) is 10.8. The maximum atomic E-state index is 12.7. The van der Waals surface area contributed by atoms with Gasteiger partial charge in [-0.15, -0.1) is 5.10 Å². The van der Waals surface area contributed by atoms with Gasteiger partial charge < -0.3 is 5.11 Å². The van der Waals surface area contributed by atoms with Crippen molar-refractivity contribution < 1.29 is 14.3 Å². The van der Waals surface area contributed by atoms with Crippen LogP contribution in [0.3, 0.4) is 0 Å². The summed E-state index contributed by atoms with van der Waals surface area (Å²) >= 11 is 0. The van der Waals surface area contributed by atoms with Gasteiger partial charge in [0.05, 0.1) is 23.5 Å². The molecule has 1 aromatic carbocycles. The van der Waals surface area contributed by atoms with Gasteiger partial charge in [0.25, 0.3) is 0 Å². The van der Waals surface area contributed by atoms with Gasteiger partial charge in [-0.25, -0.2) is 9.07 Å². The number of hydrogen-bond donors (Lipinski definition) is 1. The van der Waals surface area contributed by atoms with E-state index in [1.54, 1.807) is 12.1 Å². The van der Waals surface area contributed by atoms with Gasteiger partial charge in [0, 0.05) is 0 Å². The van der Waals surface area contributed by atoms with E-state index in [-0.39, 0.29) is 5.82 Å². The van der Waals surface area contributed by atoms with E-state index in [1.807, 2.05) is 0 Å². The van der Waals surface area contributed by atoms with Crippen molar-refractivity contribution in [2.45, 2.75) is 12.8 Å². The Hall–Kier alpha value is -2.24. The van der Waals surface area contributed by atoms with Crippen LogP contribution in [0.25, 0.3) is 5.69 Å². The zero-order valence-electron chi connectivity index (χ0n) is 9.04. The first kappa shape index (κ1) is 11.3. The van der Waals surface area contributed by atoms with Crippen molar-refractivity contribution in [1.82, 2.24) is 15.0 Å². The molecule has 2 rings (SSSR count). The summed E-state index contributed by atoms with van der Waals surface area (Å²) in [7, 11) is 0. The number of hydrogen-bond acceptors (Lipinski definition) is 3. The Bertz CT molecular complexity index is 536. The molecule has 0 bridgehead atoms. The van der Waals surface area contributed by atoms with Crippen molar-refractivity contribution in [2.24, 2.45) is 0 Å². The first-order valence-corrected chi connectivity index (χ1v) is 4.99. The first-order chi connectivity index (χ1) is 8.08. The van der Waals surface area contributed by atoms with E-state index >= 15 is 0 Å². The Kier molecular flexibility index (Phi) is 2.86. The van der Waals surface area contributed by atoms with Crippen LogP contribution in [0.15, 0.2) is 30.5 Å². The molecule has 0 spiro atoms. The lowest BCUT2D eigenvalue weighted by Crippen LogP contribution is -2.07. The van der Waals surface area contributed by atoms with Crippen LogP contribution in [0.4, 0.5) is 4.39 Å². The van der Waals surface area contributed by atoms with Gasteiger partial charge in [-0.05, 0) is 31.2 Å². The fraction of sp³-hybridized carbons (Fsp3) is 0.182. The summed E-state index contributed by atoms with van der Waals surface area (Å²) in [6.07, 6.45) is 1.52. The lowest BCUT2D eigenvalue weighted by Gasteiger charge is -2.00. The van der Waals surface area contributed by atoms with E-state index in [1.165, 1.54) is 29.9 Å². The van der Waals surface area contributed by atoms with Crippen LogP contribution in [0, 0.1) is 5.82 Å². The number of benzene rings is 1. The van der Waals surface area contributed by atoms with Crippen molar-refractivity contribution in [3.63, 3.8) is 0 Å². The summed E-state index contributed by atoms with van der Waals surface area (Å²) in [5, 5.41) is 16.4. The van der Waals surface area contributed by atoms with Gasteiger partial charge in [0.1, 0.15) is 5.82 Å². The van der Waals surface area contributed by atoms with Gasteiger partial charge in [0.15, 0.2) is 0 Å². The molecule has 0 saturated carbocycles. The van der Waals surface area contributed by atoms with Gasteiger partial charge >= 0.3 is 5.97 Å². The quantitative estimate of drug-likeness (QED) is 0.877. The predicted octanol–water partition coefficient (Wildman–Crippen LogP) is 1.59. The molecule has 0 amide bonds. The van der Waals surface area contributed by atoms with Crippen molar-refractivity contribution in [3.05, 3.63) is 42.0 Å². The summed E-state index contributed by atoms with van der Waals surface area (Å²) in [6, 6.07) is 5.69. The van der Waals surface area contributed by atoms with Crippen LogP contribution < -0.4 is 0 Å².